The van der Waals surface area contributed by atoms with Gasteiger partial charge in [-0.25, -0.2) is 4.39 Å². The zero-order chi connectivity index (χ0) is 18.9. The molecule has 2 atom stereocenters. The van der Waals surface area contributed by atoms with Gasteiger partial charge in [-0.3, -0.25) is 15.1 Å². The van der Waals surface area contributed by atoms with Crippen molar-refractivity contribution < 1.29 is 27.5 Å². The van der Waals surface area contributed by atoms with E-state index in [1.165, 1.54) is 6.20 Å². The number of nitrogens with zero attached hydrogens (tertiary/aromatic N) is 1. The van der Waals surface area contributed by atoms with E-state index in [1.807, 2.05) is 0 Å². The van der Waals surface area contributed by atoms with Crippen molar-refractivity contribution in [3.63, 3.8) is 0 Å². The van der Waals surface area contributed by atoms with Crippen molar-refractivity contribution in [3.05, 3.63) is 64.7 Å². The van der Waals surface area contributed by atoms with Gasteiger partial charge in [-0.15, -0.1) is 0 Å². The van der Waals surface area contributed by atoms with Gasteiger partial charge in [0, 0.05) is 25.1 Å². The van der Waals surface area contributed by atoms with Crippen molar-refractivity contribution in [2.24, 2.45) is 0 Å². The summed E-state index contributed by atoms with van der Waals surface area (Å²) < 4.78 is 52.3. The van der Waals surface area contributed by atoms with Crippen LogP contribution in [0.5, 0.6) is 0 Å². The Hall–Kier alpha value is -2.32. The number of alkyl halides is 3. The fourth-order valence-electron chi connectivity index (χ4n) is 3.16. The lowest BCUT2D eigenvalue weighted by Crippen LogP contribution is -2.37. The Balaban J connectivity index is 1.78. The van der Waals surface area contributed by atoms with Crippen LogP contribution >= 0.6 is 0 Å². The van der Waals surface area contributed by atoms with Crippen LogP contribution in [-0.4, -0.2) is 22.1 Å². The molecule has 0 saturated heterocycles. The van der Waals surface area contributed by atoms with Gasteiger partial charge in [0.1, 0.15) is 17.7 Å². The SMILES string of the molecule is O=C1CCC(C(O)NCc2ccc(F)cc2C(F)(F)F)c2cccnc21. The molecule has 138 valence electrons. The van der Waals surface area contributed by atoms with Gasteiger partial charge in [0.25, 0.3) is 0 Å². The van der Waals surface area contributed by atoms with Gasteiger partial charge in [0.15, 0.2) is 5.78 Å². The van der Waals surface area contributed by atoms with Gasteiger partial charge in [0.05, 0.1) is 5.56 Å². The Morgan fingerprint density at radius 2 is 2.08 bits per heavy atom. The van der Waals surface area contributed by atoms with Crippen LogP contribution in [0.2, 0.25) is 0 Å². The van der Waals surface area contributed by atoms with E-state index in [0.717, 1.165) is 12.1 Å². The van der Waals surface area contributed by atoms with Crippen molar-refractivity contribution >= 4 is 5.78 Å². The summed E-state index contributed by atoms with van der Waals surface area (Å²) in [6.45, 7) is -0.295. The number of pyridine rings is 1. The topological polar surface area (TPSA) is 62.2 Å². The predicted molar refractivity (Wildman–Crippen MR) is 84.8 cm³/mol. The summed E-state index contributed by atoms with van der Waals surface area (Å²) in [4.78, 5) is 15.9. The third kappa shape index (κ3) is 3.76. The summed E-state index contributed by atoms with van der Waals surface area (Å²) in [5, 5.41) is 13.1. The van der Waals surface area contributed by atoms with E-state index < -0.39 is 29.7 Å². The zero-order valence-electron chi connectivity index (χ0n) is 13.6. The fraction of sp³-hybridized carbons (Fsp3) is 0.333. The van der Waals surface area contributed by atoms with E-state index >= 15 is 0 Å². The first-order valence-electron chi connectivity index (χ1n) is 8.02. The van der Waals surface area contributed by atoms with E-state index in [4.69, 9.17) is 0 Å². The van der Waals surface area contributed by atoms with E-state index in [9.17, 15) is 27.5 Å². The Kier molecular flexibility index (Phi) is 5.06. The molecule has 0 radical (unpaired) electrons. The lowest BCUT2D eigenvalue weighted by molar-refractivity contribution is -0.138. The molecular weight excluding hydrogens is 352 g/mol. The molecule has 0 amide bonds. The summed E-state index contributed by atoms with van der Waals surface area (Å²) in [7, 11) is 0. The number of aromatic nitrogens is 1. The molecule has 8 heteroatoms. The molecule has 0 bridgehead atoms. The van der Waals surface area contributed by atoms with Crippen LogP contribution in [0.25, 0.3) is 0 Å². The van der Waals surface area contributed by atoms with E-state index in [0.29, 0.717) is 18.1 Å². The van der Waals surface area contributed by atoms with Crippen molar-refractivity contribution in [3.8, 4) is 0 Å². The second-order valence-corrected chi connectivity index (χ2v) is 6.13. The molecule has 1 aromatic carbocycles. The Bertz CT molecular complexity index is 823. The number of benzene rings is 1. The van der Waals surface area contributed by atoms with Crippen LogP contribution in [0.4, 0.5) is 17.6 Å². The molecule has 1 aliphatic rings. The molecule has 4 nitrogen and oxygen atoms in total. The number of nitrogens with one attached hydrogen (secondary N) is 1. The molecule has 3 rings (SSSR count). The number of carbonyl (C=O) groups excluding carboxylic acids is 1. The largest absolute Gasteiger partial charge is 0.416 e. The summed E-state index contributed by atoms with van der Waals surface area (Å²) in [5.41, 5.74) is -0.407. The average Bonchev–Trinajstić information content (AvgIpc) is 2.60. The second kappa shape index (κ2) is 7.13. The normalized spacial score (nSPS) is 18.5. The molecule has 26 heavy (non-hydrogen) atoms. The minimum absolute atomic E-state index is 0.123. The number of ketones is 1. The molecule has 1 heterocycles. The molecule has 0 saturated carbocycles. The highest BCUT2D eigenvalue weighted by Crippen LogP contribution is 2.34. The smallest absolute Gasteiger partial charge is 0.378 e. The van der Waals surface area contributed by atoms with E-state index in [2.05, 4.69) is 10.3 Å². The quantitative estimate of drug-likeness (QED) is 0.641. The van der Waals surface area contributed by atoms with Crippen LogP contribution in [-0.2, 0) is 12.7 Å². The van der Waals surface area contributed by atoms with Gasteiger partial charge in [-0.2, -0.15) is 13.2 Å². The molecule has 2 aromatic rings. The monoisotopic (exact) mass is 368 g/mol. The summed E-state index contributed by atoms with van der Waals surface area (Å²) in [5.74, 6) is -1.57. The van der Waals surface area contributed by atoms with Gasteiger partial charge in [0.2, 0.25) is 0 Å². The molecule has 0 aliphatic heterocycles. The standard InChI is InChI=1S/C18H16F4N2O2/c19-11-4-3-10(14(8-11)18(20,21)22)9-24-17(26)13-5-6-15(25)16-12(13)2-1-7-23-16/h1-4,7-8,13,17,24,26H,5-6,9H2. The van der Waals surface area contributed by atoms with Gasteiger partial charge in [-0.05, 0) is 35.7 Å². The maximum absolute atomic E-state index is 13.2. The lowest BCUT2D eigenvalue weighted by atomic mass is 9.83. The Morgan fingerprint density at radius 3 is 2.81 bits per heavy atom. The first-order chi connectivity index (χ1) is 12.3. The predicted octanol–water partition coefficient (Wildman–Crippen LogP) is 3.41. The summed E-state index contributed by atoms with van der Waals surface area (Å²) >= 11 is 0. The van der Waals surface area contributed by atoms with Crippen LogP contribution in [0, 0.1) is 5.82 Å². The number of aliphatic hydroxyl groups is 1. The zero-order valence-corrected chi connectivity index (χ0v) is 13.6. The number of hydrogen-bond donors (Lipinski definition) is 2. The third-order valence-electron chi connectivity index (χ3n) is 4.45. The maximum Gasteiger partial charge on any atom is 0.416 e. The summed E-state index contributed by atoms with van der Waals surface area (Å²) in [6, 6.07) is 5.73. The van der Waals surface area contributed by atoms with Crippen LogP contribution in [0.15, 0.2) is 36.5 Å². The Morgan fingerprint density at radius 1 is 1.31 bits per heavy atom. The van der Waals surface area contributed by atoms with Crippen molar-refractivity contribution in [2.45, 2.75) is 37.7 Å². The number of fused-ring (bicyclic) bond motifs is 1. The van der Waals surface area contributed by atoms with Crippen molar-refractivity contribution in [2.75, 3.05) is 0 Å². The summed E-state index contributed by atoms with van der Waals surface area (Å²) in [6.07, 6.45) is -3.82. The van der Waals surface area contributed by atoms with Gasteiger partial charge >= 0.3 is 6.18 Å². The molecular formula is C18H16F4N2O2. The highest BCUT2D eigenvalue weighted by Gasteiger charge is 2.35. The number of rotatable bonds is 4. The minimum Gasteiger partial charge on any atom is -0.378 e. The molecule has 2 unspecified atom stereocenters. The number of aliphatic hydroxyl groups excluding tert-OH is 1. The Labute approximate surface area is 146 Å². The lowest BCUT2D eigenvalue weighted by Gasteiger charge is -2.28. The van der Waals surface area contributed by atoms with Crippen LogP contribution in [0.3, 0.4) is 0 Å². The first-order valence-corrected chi connectivity index (χ1v) is 8.02. The molecule has 0 fully saturated rings. The highest BCUT2D eigenvalue weighted by atomic mass is 19.4. The molecule has 1 aromatic heterocycles. The molecule has 1 aliphatic carbocycles. The molecule has 2 N–H and O–H groups in total. The number of halogens is 4. The second-order valence-electron chi connectivity index (χ2n) is 6.13. The first kappa shape index (κ1) is 18.5. The number of carbonyl (C=O) groups is 1. The van der Waals surface area contributed by atoms with E-state index in [1.54, 1.807) is 12.1 Å². The van der Waals surface area contributed by atoms with Crippen molar-refractivity contribution in [1.82, 2.24) is 10.3 Å². The highest BCUT2D eigenvalue weighted by molar-refractivity contribution is 5.96. The van der Waals surface area contributed by atoms with Gasteiger partial charge < -0.3 is 5.11 Å². The fourth-order valence-corrected chi connectivity index (χ4v) is 3.16. The average molecular weight is 368 g/mol. The van der Waals surface area contributed by atoms with Crippen molar-refractivity contribution in [1.29, 1.82) is 0 Å². The van der Waals surface area contributed by atoms with Crippen LogP contribution in [0.1, 0.15) is 45.9 Å². The van der Waals surface area contributed by atoms with E-state index in [-0.39, 0.29) is 30.0 Å². The third-order valence-corrected chi connectivity index (χ3v) is 4.45. The number of hydrogen-bond acceptors (Lipinski definition) is 4. The molecule has 0 spiro atoms. The van der Waals surface area contributed by atoms with Gasteiger partial charge in [-0.1, -0.05) is 12.1 Å². The van der Waals surface area contributed by atoms with Crippen LogP contribution < -0.4 is 5.32 Å². The minimum atomic E-state index is -4.70. The number of Topliss-reactive ketones (excluding diaryl/α,β-unsaturated/α-hetero) is 1. The maximum atomic E-state index is 13.2.